The van der Waals surface area contributed by atoms with Gasteiger partial charge in [0.2, 0.25) is 0 Å². The third-order valence-electron chi connectivity index (χ3n) is 7.28. The second-order valence-corrected chi connectivity index (χ2v) is 9.03. The maximum absolute atomic E-state index is 7.13. The average Bonchev–Trinajstić information content (AvgIpc) is 3.18. The van der Waals surface area contributed by atoms with Crippen LogP contribution in [0, 0.1) is 23.7 Å². The number of fused-ring (bicyclic) bond motifs is 4. The topological polar surface area (TPSA) is 9.23 Å². The predicted octanol–water partition coefficient (Wildman–Crippen LogP) is 5.38. The van der Waals surface area contributed by atoms with Gasteiger partial charge < -0.3 is 4.74 Å². The normalized spacial score (nSPS) is 51.1. The van der Waals surface area contributed by atoms with Crippen LogP contribution in [0.4, 0.5) is 0 Å². The third-order valence-corrected chi connectivity index (χ3v) is 7.66. The van der Waals surface area contributed by atoms with Crippen LogP contribution in [0.1, 0.15) is 64.2 Å². The lowest BCUT2D eigenvalue weighted by Gasteiger charge is -2.48. The van der Waals surface area contributed by atoms with Crippen LogP contribution in [-0.4, -0.2) is 23.0 Å². The first kappa shape index (κ1) is 15.1. The summed E-state index contributed by atoms with van der Waals surface area (Å²) in [7, 11) is 0. The van der Waals surface area contributed by atoms with Gasteiger partial charge in [-0.15, -0.1) is 23.2 Å². The fourth-order valence-corrected chi connectivity index (χ4v) is 7.12. The lowest BCUT2D eigenvalue weighted by Crippen LogP contribution is -2.51. The van der Waals surface area contributed by atoms with Crippen molar-refractivity contribution < 1.29 is 4.74 Å². The van der Waals surface area contributed by atoms with Gasteiger partial charge >= 0.3 is 0 Å². The molecule has 1 nitrogen and oxygen atoms in total. The number of halogens is 2. The van der Waals surface area contributed by atoms with E-state index in [1.165, 1.54) is 51.4 Å². The Balaban J connectivity index is 1.59. The van der Waals surface area contributed by atoms with Crippen molar-refractivity contribution >= 4 is 23.2 Å². The van der Waals surface area contributed by atoms with E-state index < -0.39 is 0 Å². The zero-order valence-electron chi connectivity index (χ0n) is 13.0. The van der Waals surface area contributed by atoms with Gasteiger partial charge in [-0.25, -0.2) is 0 Å². The molecule has 4 rings (SSSR count). The van der Waals surface area contributed by atoms with Crippen molar-refractivity contribution in [3.63, 3.8) is 0 Å². The molecule has 3 heteroatoms. The Bertz CT molecular complexity index is 365. The fraction of sp³-hybridized carbons (Fsp3) is 1.00. The molecule has 6 unspecified atom stereocenters. The summed E-state index contributed by atoms with van der Waals surface area (Å²) in [6, 6.07) is 0. The molecule has 21 heavy (non-hydrogen) atoms. The number of ether oxygens (including phenoxy) is 1. The molecule has 0 radical (unpaired) electrons. The summed E-state index contributed by atoms with van der Waals surface area (Å²) < 4.78 is 7.13. The van der Waals surface area contributed by atoms with Crippen LogP contribution >= 0.6 is 23.2 Å². The maximum atomic E-state index is 7.13. The molecule has 0 saturated heterocycles. The van der Waals surface area contributed by atoms with Crippen LogP contribution in [0.15, 0.2) is 0 Å². The first-order chi connectivity index (χ1) is 10.2. The summed E-state index contributed by atoms with van der Waals surface area (Å²) in [4.78, 5) is 0. The van der Waals surface area contributed by atoms with Crippen molar-refractivity contribution in [1.29, 1.82) is 0 Å². The largest absolute Gasteiger partial charge is 0.368 e. The highest BCUT2D eigenvalue weighted by molar-refractivity contribution is 6.18. The van der Waals surface area contributed by atoms with Crippen LogP contribution in [0.3, 0.4) is 0 Å². The van der Waals surface area contributed by atoms with Crippen molar-refractivity contribution in [2.45, 2.75) is 75.4 Å². The van der Waals surface area contributed by atoms with E-state index in [4.69, 9.17) is 27.9 Å². The van der Waals surface area contributed by atoms with Crippen molar-refractivity contribution in [2.24, 2.45) is 23.7 Å². The minimum absolute atomic E-state index is 0.0984. The van der Waals surface area contributed by atoms with Crippen molar-refractivity contribution in [2.75, 3.05) is 11.8 Å². The number of alkyl halides is 2. The average molecular weight is 331 g/mol. The number of hydrogen-bond donors (Lipinski definition) is 0. The van der Waals surface area contributed by atoms with E-state index in [2.05, 4.69) is 0 Å². The summed E-state index contributed by atoms with van der Waals surface area (Å²) >= 11 is 12.4. The van der Waals surface area contributed by atoms with E-state index in [1.54, 1.807) is 0 Å². The Hall–Kier alpha value is 0.540. The molecular formula is C18H28Cl2O. The Morgan fingerprint density at radius 1 is 0.762 bits per heavy atom. The molecule has 0 spiro atoms. The SMILES string of the molecule is ClCCC1(OC2(CCCl)CC3CCC2C3)CC2CCC1C2. The molecule has 0 N–H and O–H groups in total. The van der Waals surface area contributed by atoms with Crippen molar-refractivity contribution in [3.05, 3.63) is 0 Å². The number of hydrogen-bond acceptors (Lipinski definition) is 1. The van der Waals surface area contributed by atoms with E-state index in [1.807, 2.05) is 0 Å². The van der Waals surface area contributed by atoms with Crippen LogP contribution in [0.25, 0.3) is 0 Å². The van der Waals surface area contributed by atoms with Crippen molar-refractivity contribution in [1.82, 2.24) is 0 Å². The van der Waals surface area contributed by atoms with Gasteiger partial charge in [-0.2, -0.15) is 0 Å². The summed E-state index contributed by atoms with van der Waals surface area (Å²) in [5, 5.41) is 0. The maximum Gasteiger partial charge on any atom is 0.0732 e. The van der Waals surface area contributed by atoms with E-state index >= 15 is 0 Å². The molecule has 0 amide bonds. The molecule has 4 aliphatic rings. The van der Waals surface area contributed by atoms with Crippen LogP contribution in [0.5, 0.6) is 0 Å². The first-order valence-corrected chi connectivity index (χ1v) is 10.1. The van der Waals surface area contributed by atoms with Crippen LogP contribution in [-0.2, 0) is 4.74 Å². The van der Waals surface area contributed by atoms with E-state index in [-0.39, 0.29) is 11.2 Å². The summed E-state index contributed by atoms with van der Waals surface area (Å²) in [5.74, 6) is 4.84. The zero-order chi connectivity index (χ0) is 14.5. The molecule has 4 aliphatic carbocycles. The second-order valence-electron chi connectivity index (χ2n) is 8.27. The van der Waals surface area contributed by atoms with Gasteiger partial charge in [0.1, 0.15) is 0 Å². The fourth-order valence-electron chi connectivity index (χ4n) is 6.48. The zero-order valence-corrected chi connectivity index (χ0v) is 14.5. The standard InChI is InChI=1S/C18H28Cl2O/c19-7-5-17(11-13-1-3-15(17)9-13)21-18(6-8-20)12-14-2-4-16(18)10-14/h13-16H,1-12H2. The van der Waals surface area contributed by atoms with Crippen molar-refractivity contribution in [3.8, 4) is 0 Å². The Morgan fingerprint density at radius 3 is 1.52 bits per heavy atom. The van der Waals surface area contributed by atoms with E-state index in [0.29, 0.717) is 0 Å². The molecule has 120 valence electrons. The molecule has 0 aromatic carbocycles. The third kappa shape index (κ3) is 2.37. The van der Waals surface area contributed by atoms with Gasteiger partial charge in [-0.05, 0) is 87.9 Å². The van der Waals surface area contributed by atoms with Gasteiger partial charge in [0.25, 0.3) is 0 Å². The second kappa shape index (κ2) is 5.56. The minimum atomic E-state index is 0.0984. The molecule has 4 bridgehead atoms. The quantitative estimate of drug-likeness (QED) is 0.594. The Morgan fingerprint density at radius 2 is 1.24 bits per heavy atom. The summed E-state index contributed by atoms with van der Waals surface area (Å²) in [6.45, 7) is 0. The summed E-state index contributed by atoms with van der Waals surface area (Å²) in [5.41, 5.74) is 0.197. The van der Waals surface area contributed by atoms with Gasteiger partial charge in [0.15, 0.2) is 0 Å². The lowest BCUT2D eigenvalue weighted by atomic mass is 9.77. The lowest BCUT2D eigenvalue weighted by molar-refractivity contribution is -0.203. The minimum Gasteiger partial charge on any atom is -0.368 e. The number of rotatable bonds is 6. The molecule has 0 heterocycles. The van der Waals surface area contributed by atoms with Crippen LogP contribution < -0.4 is 0 Å². The van der Waals surface area contributed by atoms with Gasteiger partial charge in [-0.3, -0.25) is 0 Å². The highest BCUT2D eigenvalue weighted by atomic mass is 35.5. The predicted molar refractivity (Wildman–Crippen MR) is 88.1 cm³/mol. The monoisotopic (exact) mass is 330 g/mol. The molecule has 0 aromatic rings. The van der Waals surface area contributed by atoms with Gasteiger partial charge in [0.05, 0.1) is 11.2 Å². The van der Waals surface area contributed by atoms with E-state index in [9.17, 15) is 0 Å². The Labute approximate surface area is 139 Å². The molecule has 4 fully saturated rings. The molecule has 0 aliphatic heterocycles. The molecule has 4 saturated carbocycles. The highest BCUT2D eigenvalue weighted by Gasteiger charge is 2.59. The highest BCUT2D eigenvalue weighted by Crippen LogP contribution is 2.61. The van der Waals surface area contributed by atoms with Gasteiger partial charge in [-0.1, -0.05) is 0 Å². The molecule has 0 aromatic heterocycles. The smallest absolute Gasteiger partial charge is 0.0732 e. The van der Waals surface area contributed by atoms with Gasteiger partial charge in [0, 0.05) is 11.8 Å². The van der Waals surface area contributed by atoms with Crippen LogP contribution in [0.2, 0.25) is 0 Å². The van der Waals surface area contributed by atoms with E-state index in [0.717, 1.165) is 48.3 Å². The summed E-state index contributed by atoms with van der Waals surface area (Å²) in [6.07, 6.45) is 13.0. The first-order valence-electron chi connectivity index (χ1n) is 9.02. The molecule has 6 atom stereocenters. The molecular weight excluding hydrogens is 303 g/mol. The Kier molecular flexibility index (Phi) is 4.00.